The van der Waals surface area contributed by atoms with Crippen LogP contribution in [0.15, 0.2) is 36.4 Å². The summed E-state index contributed by atoms with van der Waals surface area (Å²) in [7, 11) is 0. The van der Waals surface area contributed by atoms with E-state index in [2.05, 4.69) is 0 Å². The Hall–Kier alpha value is -1.93. The summed E-state index contributed by atoms with van der Waals surface area (Å²) < 4.78 is 20.9. The van der Waals surface area contributed by atoms with E-state index in [1.165, 1.54) is 6.08 Å². The van der Waals surface area contributed by atoms with Gasteiger partial charge in [0.25, 0.3) is 0 Å². The monoisotopic (exact) mass is 442 g/mol. The van der Waals surface area contributed by atoms with Crippen LogP contribution in [0.4, 0.5) is 0 Å². The lowest BCUT2D eigenvalue weighted by molar-refractivity contribution is -0.301. The zero-order valence-electron chi connectivity index (χ0n) is 16.4. The van der Waals surface area contributed by atoms with Crippen molar-refractivity contribution in [2.24, 2.45) is 0 Å². The van der Waals surface area contributed by atoms with Crippen LogP contribution in [-0.2, 0) is 23.7 Å². The van der Waals surface area contributed by atoms with E-state index in [0.29, 0.717) is 0 Å². The second-order valence-electron chi connectivity index (χ2n) is 7.24. The number of rotatable bonds is 7. The van der Waals surface area contributed by atoms with Gasteiger partial charge in [-0.3, -0.25) is 0 Å². The Balaban J connectivity index is 1.57. The Morgan fingerprint density at radius 2 is 1.48 bits per heavy atom. The van der Waals surface area contributed by atoms with Crippen LogP contribution in [0.3, 0.4) is 0 Å². The SMILES string of the molecule is O=C(/C=C/c1ccccc1)O[C@@H]1O[C@H](CO[C@@H]2O[C@@H](CO)[C@H](O)[C@H]2O)[C@@H](O)[C@H](O)[C@H]1O. The molecule has 3 rings (SSSR count). The summed E-state index contributed by atoms with van der Waals surface area (Å²) in [6, 6.07) is 8.92. The molecule has 11 heteroatoms. The average molecular weight is 442 g/mol. The van der Waals surface area contributed by atoms with Crippen LogP contribution in [0.5, 0.6) is 0 Å². The van der Waals surface area contributed by atoms with Gasteiger partial charge in [-0.2, -0.15) is 0 Å². The zero-order valence-corrected chi connectivity index (χ0v) is 16.4. The first kappa shape index (κ1) is 23.7. The van der Waals surface area contributed by atoms with Gasteiger partial charge < -0.3 is 49.6 Å². The van der Waals surface area contributed by atoms with Crippen molar-refractivity contribution in [3.8, 4) is 0 Å². The highest BCUT2D eigenvalue weighted by Crippen LogP contribution is 2.26. The molecule has 9 atom stereocenters. The number of benzene rings is 1. The Morgan fingerprint density at radius 1 is 0.871 bits per heavy atom. The number of carbonyl (C=O) groups excluding carboxylic acids is 1. The molecule has 11 nitrogen and oxygen atoms in total. The van der Waals surface area contributed by atoms with Crippen molar-refractivity contribution in [3.63, 3.8) is 0 Å². The van der Waals surface area contributed by atoms with Gasteiger partial charge in [0.05, 0.1) is 13.2 Å². The minimum absolute atomic E-state index is 0.439. The number of hydrogen-bond donors (Lipinski definition) is 6. The van der Waals surface area contributed by atoms with E-state index < -0.39 is 74.5 Å². The standard InChI is InChI=1S/C20H26O11/c21-8-11-14(23)17(26)19(29-11)28-9-12-15(24)16(25)18(27)20(30-12)31-13(22)7-6-10-4-2-1-3-5-10/h1-7,11-12,14-21,23-27H,8-9H2/b7-6+/t11-,12+,14-,15+,16-,17+,18+,19+,20-/m0/s1. The first-order chi connectivity index (χ1) is 14.8. The third-order valence-corrected chi connectivity index (χ3v) is 5.04. The lowest BCUT2D eigenvalue weighted by atomic mass is 9.99. The highest BCUT2D eigenvalue weighted by Gasteiger charge is 2.47. The van der Waals surface area contributed by atoms with E-state index >= 15 is 0 Å². The van der Waals surface area contributed by atoms with Gasteiger partial charge in [0.15, 0.2) is 6.29 Å². The minimum atomic E-state index is -1.71. The maximum atomic E-state index is 12.1. The number of esters is 1. The van der Waals surface area contributed by atoms with E-state index in [0.717, 1.165) is 11.6 Å². The second kappa shape index (κ2) is 10.6. The van der Waals surface area contributed by atoms with Crippen molar-refractivity contribution in [2.75, 3.05) is 13.2 Å². The molecule has 31 heavy (non-hydrogen) atoms. The van der Waals surface area contributed by atoms with Crippen LogP contribution in [0.1, 0.15) is 5.56 Å². The Morgan fingerprint density at radius 3 is 2.13 bits per heavy atom. The maximum absolute atomic E-state index is 12.1. The normalized spacial score (nSPS) is 38.5. The number of carbonyl (C=O) groups is 1. The maximum Gasteiger partial charge on any atom is 0.333 e. The molecule has 6 N–H and O–H groups in total. The number of aliphatic hydroxyl groups excluding tert-OH is 6. The van der Waals surface area contributed by atoms with E-state index in [9.17, 15) is 30.3 Å². The van der Waals surface area contributed by atoms with Crippen molar-refractivity contribution >= 4 is 12.0 Å². The summed E-state index contributed by atoms with van der Waals surface area (Å²) in [5.41, 5.74) is 0.741. The Kier molecular flexibility index (Phi) is 8.11. The minimum Gasteiger partial charge on any atom is -0.430 e. The van der Waals surface area contributed by atoms with Crippen LogP contribution in [-0.4, -0.2) is 105 Å². The van der Waals surface area contributed by atoms with Gasteiger partial charge in [0.2, 0.25) is 6.29 Å². The highest BCUT2D eigenvalue weighted by molar-refractivity contribution is 5.87. The molecule has 2 saturated heterocycles. The molecule has 2 aliphatic rings. The fourth-order valence-corrected chi connectivity index (χ4v) is 3.23. The molecule has 2 fully saturated rings. The van der Waals surface area contributed by atoms with Gasteiger partial charge in [0.1, 0.15) is 42.7 Å². The molecule has 0 aliphatic carbocycles. The fourth-order valence-electron chi connectivity index (χ4n) is 3.23. The number of aliphatic hydroxyl groups is 6. The first-order valence-electron chi connectivity index (χ1n) is 9.69. The van der Waals surface area contributed by atoms with E-state index in [1.54, 1.807) is 24.3 Å². The van der Waals surface area contributed by atoms with Gasteiger partial charge in [0, 0.05) is 6.08 Å². The first-order valence-corrected chi connectivity index (χ1v) is 9.69. The smallest absolute Gasteiger partial charge is 0.333 e. The molecule has 0 spiro atoms. The Bertz CT molecular complexity index is 742. The molecule has 172 valence electrons. The molecule has 1 aromatic carbocycles. The molecule has 2 aliphatic heterocycles. The van der Waals surface area contributed by atoms with Crippen molar-refractivity contribution in [3.05, 3.63) is 42.0 Å². The lowest BCUT2D eigenvalue weighted by Gasteiger charge is -2.39. The number of hydrogen-bond acceptors (Lipinski definition) is 11. The summed E-state index contributed by atoms with van der Waals surface area (Å²) in [6.45, 7) is -0.981. The van der Waals surface area contributed by atoms with Gasteiger partial charge >= 0.3 is 5.97 Å². The molecular weight excluding hydrogens is 416 g/mol. The topological polar surface area (TPSA) is 175 Å². The second-order valence-corrected chi connectivity index (χ2v) is 7.24. The summed E-state index contributed by atoms with van der Waals surface area (Å²) >= 11 is 0. The van der Waals surface area contributed by atoms with Crippen LogP contribution >= 0.6 is 0 Å². The third kappa shape index (κ3) is 5.66. The third-order valence-electron chi connectivity index (χ3n) is 5.04. The lowest BCUT2D eigenvalue weighted by Crippen LogP contribution is -2.59. The molecule has 0 saturated carbocycles. The quantitative estimate of drug-likeness (QED) is 0.195. The summed E-state index contributed by atoms with van der Waals surface area (Å²) in [6.07, 6.45) is -10.4. The predicted octanol–water partition coefficient (Wildman–Crippen LogP) is -2.49. The summed E-state index contributed by atoms with van der Waals surface area (Å²) in [4.78, 5) is 12.1. The number of ether oxygens (including phenoxy) is 4. The summed E-state index contributed by atoms with van der Waals surface area (Å²) in [5, 5.41) is 59.0. The van der Waals surface area contributed by atoms with Crippen LogP contribution in [0, 0.1) is 0 Å². The summed E-state index contributed by atoms with van der Waals surface area (Å²) in [5.74, 6) is -0.848. The van der Waals surface area contributed by atoms with Crippen molar-refractivity contribution < 1.29 is 54.4 Å². The van der Waals surface area contributed by atoms with Gasteiger partial charge in [-0.25, -0.2) is 4.79 Å². The van der Waals surface area contributed by atoms with Crippen molar-refractivity contribution in [2.45, 2.75) is 55.3 Å². The molecule has 0 radical (unpaired) electrons. The van der Waals surface area contributed by atoms with E-state index in [4.69, 9.17) is 24.1 Å². The van der Waals surface area contributed by atoms with Crippen LogP contribution in [0.25, 0.3) is 6.08 Å². The van der Waals surface area contributed by atoms with E-state index in [-0.39, 0.29) is 0 Å². The largest absolute Gasteiger partial charge is 0.430 e. The molecule has 2 heterocycles. The molecule has 0 aromatic heterocycles. The van der Waals surface area contributed by atoms with Gasteiger partial charge in [-0.15, -0.1) is 0 Å². The van der Waals surface area contributed by atoms with Crippen molar-refractivity contribution in [1.82, 2.24) is 0 Å². The predicted molar refractivity (Wildman–Crippen MR) is 102 cm³/mol. The Labute approximate surface area is 177 Å². The molecule has 0 unspecified atom stereocenters. The highest BCUT2D eigenvalue weighted by atomic mass is 16.7. The molecule has 0 amide bonds. The molecular formula is C20H26O11. The van der Waals surface area contributed by atoms with Crippen LogP contribution < -0.4 is 0 Å². The van der Waals surface area contributed by atoms with Crippen LogP contribution in [0.2, 0.25) is 0 Å². The van der Waals surface area contributed by atoms with Gasteiger partial charge in [-0.05, 0) is 11.6 Å². The van der Waals surface area contributed by atoms with Gasteiger partial charge in [-0.1, -0.05) is 30.3 Å². The average Bonchev–Trinajstić information content (AvgIpc) is 3.05. The molecule has 1 aromatic rings. The van der Waals surface area contributed by atoms with E-state index in [1.807, 2.05) is 6.07 Å². The molecule has 0 bridgehead atoms. The zero-order chi connectivity index (χ0) is 22.5. The van der Waals surface area contributed by atoms with Crippen molar-refractivity contribution in [1.29, 1.82) is 0 Å². The fraction of sp³-hybridized carbons (Fsp3) is 0.550.